The molecule has 3 rings (SSSR count). The zero-order chi connectivity index (χ0) is 18.5. The van der Waals surface area contributed by atoms with Gasteiger partial charge >= 0.3 is 0 Å². The molecule has 0 aliphatic carbocycles. The largest absolute Gasteiger partial charge is 0.497 e. The van der Waals surface area contributed by atoms with E-state index in [9.17, 15) is 13.6 Å². The molecule has 1 heterocycles. The number of anilines is 3. The Bertz CT molecular complexity index is 910. The van der Waals surface area contributed by atoms with Gasteiger partial charge in [0, 0.05) is 18.0 Å². The number of hydrogen-bond acceptors (Lipinski definition) is 4. The van der Waals surface area contributed by atoms with E-state index < -0.39 is 11.6 Å². The van der Waals surface area contributed by atoms with E-state index in [1.54, 1.807) is 24.3 Å². The zero-order valence-corrected chi connectivity index (χ0v) is 13.8. The van der Waals surface area contributed by atoms with Crippen molar-refractivity contribution >= 4 is 23.1 Å². The highest BCUT2D eigenvalue weighted by atomic mass is 19.1. The number of benzene rings is 2. The number of ether oxygens (including phenoxy) is 1. The average Bonchev–Trinajstić information content (AvgIpc) is 2.65. The van der Waals surface area contributed by atoms with Gasteiger partial charge in [-0.25, -0.2) is 13.8 Å². The quantitative estimate of drug-likeness (QED) is 0.714. The first-order valence-electron chi connectivity index (χ1n) is 7.69. The van der Waals surface area contributed by atoms with Crippen molar-refractivity contribution in [2.24, 2.45) is 0 Å². The van der Waals surface area contributed by atoms with Crippen molar-refractivity contribution < 1.29 is 18.3 Å². The maximum atomic E-state index is 13.6. The van der Waals surface area contributed by atoms with Gasteiger partial charge in [-0.2, -0.15) is 0 Å². The van der Waals surface area contributed by atoms with Crippen molar-refractivity contribution in [1.29, 1.82) is 0 Å². The fourth-order valence-electron chi connectivity index (χ4n) is 2.25. The Balaban J connectivity index is 1.71. The number of pyridine rings is 1. The van der Waals surface area contributed by atoms with Crippen LogP contribution in [0.5, 0.6) is 5.75 Å². The third-order valence-corrected chi connectivity index (χ3v) is 3.57. The Hall–Kier alpha value is -3.48. The van der Waals surface area contributed by atoms with Crippen molar-refractivity contribution in [3.63, 3.8) is 0 Å². The number of halogens is 2. The molecule has 0 spiro atoms. The van der Waals surface area contributed by atoms with Gasteiger partial charge < -0.3 is 15.4 Å². The summed E-state index contributed by atoms with van der Waals surface area (Å²) >= 11 is 0. The van der Waals surface area contributed by atoms with Gasteiger partial charge in [0.2, 0.25) is 0 Å². The van der Waals surface area contributed by atoms with E-state index in [1.165, 1.54) is 31.5 Å². The average molecular weight is 355 g/mol. The van der Waals surface area contributed by atoms with E-state index in [-0.39, 0.29) is 17.4 Å². The Morgan fingerprint density at radius 2 is 1.77 bits per heavy atom. The summed E-state index contributed by atoms with van der Waals surface area (Å²) in [6, 6.07) is 13.4. The molecule has 5 nitrogen and oxygen atoms in total. The van der Waals surface area contributed by atoms with Crippen LogP contribution in [-0.4, -0.2) is 18.0 Å². The van der Waals surface area contributed by atoms with Crippen LogP contribution in [0.1, 0.15) is 10.4 Å². The number of para-hydroxylation sites is 1. The Labute approximate surface area is 148 Å². The highest BCUT2D eigenvalue weighted by molar-refractivity contribution is 6.04. The number of carbonyl (C=O) groups is 1. The summed E-state index contributed by atoms with van der Waals surface area (Å²) < 4.78 is 32.4. The lowest BCUT2D eigenvalue weighted by molar-refractivity contribution is 0.102. The van der Waals surface area contributed by atoms with Crippen LogP contribution < -0.4 is 15.4 Å². The molecule has 0 bridgehead atoms. The molecule has 0 saturated carbocycles. The molecule has 132 valence electrons. The van der Waals surface area contributed by atoms with E-state index >= 15 is 0 Å². The monoisotopic (exact) mass is 355 g/mol. The Morgan fingerprint density at radius 1 is 1.04 bits per heavy atom. The topological polar surface area (TPSA) is 63.2 Å². The first kappa shape index (κ1) is 17.3. The molecule has 1 amide bonds. The van der Waals surface area contributed by atoms with Crippen LogP contribution in [0.15, 0.2) is 60.8 Å². The molecule has 0 aliphatic heterocycles. The van der Waals surface area contributed by atoms with Gasteiger partial charge in [-0.15, -0.1) is 0 Å². The molecule has 0 aliphatic rings. The minimum Gasteiger partial charge on any atom is -0.497 e. The number of carbonyl (C=O) groups excluding carboxylic acids is 1. The Kier molecular flexibility index (Phi) is 5.07. The minimum absolute atomic E-state index is 0.215. The standard InChI is InChI=1S/C19H15F2N3O2/c1-26-14-5-2-4-13(10-14)23-19(25)12-8-9-17(22-11-12)24-18-15(20)6-3-7-16(18)21/h2-11H,1H3,(H,22,24)(H,23,25). The number of aromatic nitrogens is 1. The van der Waals surface area contributed by atoms with Crippen LogP contribution in [0.2, 0.25) is 0 Å². The second kappa shape index (κ2) is 7.60. The Morgan fingerprint density at radius 3 is 2.42 bits per heavy atom. The van der Waals surface area contributed by atoms with Gasteiger partial charge in [-0.1, -0.05) is 12.1 Å². The van der Waals surface area contributed by atoms with E-state index in [0.717, 1.165) is 12.1 Å². The van der Waals surface area contributed by atoms with Gasteiger partial charge in [0.1, 0.15) is 28.9 Å². The molecule has 26 heavy (non-hydrogen) atoms. The first-order valence-corrected chi connectivity index (χ1v) is 7.69. The fraction of sp³-hybridized carbons (Fsp3) is 0.0526. The second-order valence-corrected chi connectivity index (χ2v) is 5.34. The number of methoxy groups -OCH3 is 1. The van der Waals surface area contributed by atoms with Crippen molar-refractivity contribution in [2.75, 3.05) is 17.7 Å². The summed E-state index contributed by atoms with van der Waals surface area (Å²) in [6.45, 7) is 0. The van der Waals surface area contributed by atoms with Crippen LogP contribution >= 0.6 is 0 Å². The lowest BCUT2D eigenvalue weighted by Gasteiger charge is -2.09. The molecule has 0 radical (unpaired) electrons. The summed E-state index contributed by atoms with van der Waals surface area (Å²) in [5.74, 6) is -0.994. The molecule has 0 atom stereocenters. The SMILES string of the molecule is COc1cccc(NC(=O)c2ccc(Nc3c(F)cccc3F)nc2)c1. The third-order valence-electron chi connectivity index (χ3n) is 3.57. The van der Waals surface area contributed by atoms with Crippen molar-refractivity contribution in [3.05, 3.63) is 78.0 Å². The van der Waals surface area contributed by atoms with Crippen LogP contribution in [0, 0.1) is 11.6 Å². The first-order chi connectivity index (χ1) is 12.6. The minimum atomic E-state index is -0.730. The molecule has 1 aromatic heterocycles. The van der Waals surface area contributed by atoms with Gasteiger partial charge in [0.15, 0.2) is 0 Å². The van der Waals surface area contributed by atoms with Crippen LogP contribution in [0.4, 0.5) is 26.0 Å². The summed E-state index contributed by atoms with van der Waals surface area (Å²) in [7, 11) is 1.54. The van der Waals surface area contributed by atoms with Crippen molar-refractivity contribution in [3.8, 4) is 5.75 Å². The van der Waals surface area contributed by atoms with Gasteiger partial charge in [0.25, 0.3) is 5.91 Å². The third kappa shape index (κ3) is 3.94. The number of amides is 1. The number of hydrogen-bond donors (Lipinski definition) is 2. The van der Waals surface area contributed by atoms with E-state index in [4.69, 9.17) is 4.74 Å². The molecule has 0 unspecified atom stereocenters. The summed E-state index contributed by atoms with van der Waals surface area (Å²) in [4.78, 5) is 16.3. The molecular formula is C19H15F2N3O2. The zero-order valence-electron chi connectivity index (χ0n) is 13.8. The van der Waals surface area contributed by atoms with Crippen molar-refractivity contribution in [1.82, 2.24) is 4.98 Å². The maximum Gasteiger partial charge on any atom is 0.257 e. The summed E-state index contributed by atoms with van der Waals surface area (Å²) in [5, 5.41) is 5.28. The predicted octanol–water partition coefficient (Wildman–Crippen LogP) is 4.36. The second-order valence-electron chi connectivity index (χ2n) is 5.34. The number of nitrogens with zero attached hydrogens (tertiary/aromatic N) is 1. The maximum absolute atomic E-state index is 13.6. The normalized spacial score (nSPS) is 10.3. The molecular weight excluding hydrogens is 340 g/mol. The van der Waals surface area contributed by atoms with Crippen molar-refractivity contribution in [2.45, 2.75) is 0 Å². The van der Waals surface area contributed by atoms with Gasteiger partial charge in [-0.05, 0) is 36.4 Å². The molecule has 3 aromatic rings. The highest BCUT2D eigenvalue weighted by Gasteiger charge is 2.11. The van der Waals surface area contributed by atoms with E-state index in [0.29, 0.717) is 17.0 Å². The van der Waals surface area contributed by atoms with E-state index in [2.05, 4.69) is 15.6 Å². The summed E-state index contributed by atoms with van der Waals surface area (Å²) in [6.07, 6.45) is 1.32. The van der Waals surface area contributed by atoms with Gasteiger partial charge in [0.05, 0.1) is 12.7 Å². The molecule has 7 heteroatoms. The lowest BCUT2D eigenvalue weighted by atomic mass is 10.2. The predicted molar refractivity (Wildman–Crippen MR) is 94.8 cm³/mol. The molecule has 2 aromatic carbocycles. The van der Waals surface area contributed by atoms with Crippen LogP contribution in [0.25, 0.3) is 0 Å². The van der Waals surface area contributed by atoms with Crippen LogP contribution in [0.3, 0.4) is 0 Å². The molecule has 0 saturated heterocycles. The number of rotatable bonds is 5. The summed E-state index contributed by atoms with van der Waals surface area (Å²) in [5.41, 5.74) is 0.575. The smallest absolute Gasteiger partial charge is 0.257 e. The van der Waals surface area contributed by atoms with E-state index in [1.807, 2.05) is 0 Å². The molecule has 0 fully saturated rings. The van der Waals surface area contributed by atoms with Gasteiger partial charge in [-0.3, -0.25) is 4.79 Å². The highest BCUT2D eigenvalue weighted by Crippen LogP contribution is 2.22. The molecule has 2 N–H and O–H groups in total. The lowest BCUT2D eigenvalue weighted by Crippen LogP contribution is -2.12. The number of nitrogens with one attached hydrogen (secondary N) is 2. The van der Waals surface area contributed by atoms with Crippen LogP contribution in [-0.2, 0) is 0 Å². The fourth-order valence-corrected chi connectivity index (χ4v) is 2.25.